The highest BCUT2D eigenvalue weighted by molar-refractivity contribution is 6.31. The highest BCUT2D eigenvalue weighted by Gasteiger charge is 2.27. The maximum Gasteiger partial charge on any atom is 0.308 e. The van der Waals surface area contributed by atoms with Crippen LogP contribution in [0.25, 0.3) is 0 Å². The molecule has 7 heteroatoms. The van der Waals surface area contributed by atoms with Crippen molar-refractivity contribution in [2.45, 2.75) is 12.5 Å². The molecule has 1 amide bonds. The fourth-order valence-corrected chi connectivity index (χ4v) is 2.46. The number of amides is 1. The van der Waals surface area contributed by atoms with E-state index in [2.05, 4.69) is 4.74 Å². The van der Waals surface area contributed by atoms with E-state index in [0.717, 1.165) is 0 Å². The Morgan fingerprint density at radius 2 is 2.24 bits per heavy atom. The standard InChI is InChI=1S/C14H17ClN2O4/c1-20-13(18)7-12-8-17(2-3-21-12)14(19)9-4-10(15)6-11(16)5-9/h4-6,12H,2-3,7-8,16H2,1H3. The van der Waals surface area contributed by atoms with E-state index in [1.807, 2.05) is 0 Å². The van der Waals surface area contributed by atoms with E-state index in [-0.39, 0.29) is 24.4 Å². The van der Waals surface area contributed by atoms with Crippen LogP contribution in [0.1, 0.15) is 16.8 Å². The lowest BCUT2D eigenvalue weighted by atomic mass is 10.1. The normalized spacial score (nSPS) is 18.4. The molecule has 1 unspecified atom stereocenters. The number of methoxy groups -OCH3 is 1. The summed E-state index contributed by atoms with van der Waals surface area (Å²) in [5.41, 5.74) is 6.56. The number of benzene rings is 1. The summed E-state index contributed by atoms with van der Waals surface area (Å²) in [4.78, 5) is 25.3. The molecule has 2 rings (SSSR count). The number of nitrogens with two attached hydrogens (primary N) is 1. The van der Waals surface area contributed by atoms with Crippen molar-refractivity contribution in [1.82, 2.24) is 4.90 Å². The molecule has 1 atom stereocenters. The Kier molecular flexibility index (Phi) is 5.03. The number of anilines is 1. The summed E-state index contributed by atoms with van der Waals surface area (Å²) in [5, 5.41) is 0.415. The van der Waals surface area contributed by atoms with Crippen LogP contribution in [0.5, 0.6) is 0 Å². The molecule has 0 aromatic heterocycles. The Hall–Kier alpha value is -1.79. The zero-order valence-corrected chi connectivity index (χ0v) is 12.4. The van der Waals surface area contributed by atoms with Crippen LogP contribution in [0.4, 0.5) is 5.69 Å². The number of hydrogen-bond donors (Lipinski definition) is 1. The van der Waals surface area contributed by atoms with Crippen molar-refractivity contribution in [2.24, 2.45) is 0 Å². The minimum atomic E-state index is -0.360. The van der Waals surface area contributed by atoms with Gasteiger partial charge in [-0.05, 0) is 18.2 Å². The third kappa shape index (κ3) is 4.09. The summed E-state index contributed by atoms with van der Waals surface area (Å²) in [7, 11) is 1.32. The molecule has 1 fully saturated rings. The minimum absolute atomic E-state index is 0.123. The highest BCUT2D eigenvalue weighted by Crippen LogP contribution is 2.19. The van der Waals surface area contributed by atoms with Crippen molar-refractivity contribution in [3.05, 3.63) is 28.8 Å². The van der Waals surface area contributed by atoms with E-state index in [9.17, 15) is 9.59 Å². The smallest absolute Gasteiger partial charge is 0.308 e. The fourth-order valence-electron chi connectivity index (χ4n) is 2.21. The van der Waals surface area contributed by atoms with Gasteiger partial charge in [-0.15, -0.1) is 0 Å². The first-order valence-electron chi connectivity index (χ1n) is 6.53. The molecule has 1 aromatic rings. The summed E-state index contributed by atoms with van der Waals surface area (Å²) in [6.45, 7) is 1.17. The van der Waals surface area contributed by atoms with Crippen molar-refractivity contribution in [1.29, 1.82) is 0 Å². The van der Waals surface area contributed by atoms with Crippen LogP contribution in [0.3, 0.4) is 0 Å². The van der Waals surface area contributed by atoms with Gasteiger partial charge in [0.05, 0.1) is 26.2 Å². The molecule has 21 heavy (non-hydrogen) atoms. The molecular formula is C14H17ClN2O4. The number of rotatable bonds is 3. The zero-order chi connectivity index (χ0) is 15.4. The SMILES string of the molecule is COC(=O)CC1CN(C(=O)c2cc(N)cc(Cl)c2)CCO1. The molecular weight excluding hydrogens is 296 g/mol. The first-order valence-corrected chi connectivity index (χ1v) is 6.91. The predicted octanol–water partition coefficient (Wildman–Crippen LogP) is 1.33. The van der Waals surface area contributed by atoms with Crippen molar-refractivity contribution in [3.8, 4) is 0 Å². The van der Waals surface area contributed by atoms with Gasteiger partial charge in [0.2, 0.25) is 0 Å². The Bertz CT molecular complexity index is 530. The molecule has 6 nitrogen and oxygen atoms in total. The summed E-state index contributed by atoms with van der Waals surface area (Å²) < 4.78 is 10.1. The molecule has 0 bridgehead atoms. The number of morpholine rings is 1. The van der Waals surface area contributed by atoms with Crippen LogP contribution in [0.15, 0.2) is 18.2 Å². The van der Waals surface area contributed by atoms with Crippen LogP contribution in [0.2, 0.25) is 5.02 Å². The Labute approximate surface area is 127 Å². The second-order valence-corrected chi connectivity index (χ2v) is 5.23. The summed E-state index contributed by atoms with van der Waals surface area (Å²) in [5.74, 6) is -0.538. The van der Waals surface area contributed by atoms with Gasteiger partial charge in [-0.3, -0.25) is 9.59 Å². The van der Waals surface area contributed by atoms with Gasteiger partial charge in [0.15, 0.2) is 0 Å². The quantitative estimate of drug-likeness (QED) is 0.672. The van der Waals surface area contributed by atoms with E-state index >= 15 is 0 Å². The van der Waals surface area contributed by atoms with E-state index in [0.29, 0.717) is 36.0 Å². The first-order chi connectivity index (χ1) is 9.99. The van der Waals surface area contributed by atoms with Crippen LogP contribution in [0, 0.1) is 0 Å². The van der Waals surface area contributed by atoms with Crippen LogP contribution < -0.4 is 5.73 Å². The number of carbonyl (C=O) groups is 2. The molecule has 114 valence electrons. The third-order valence-electron chi connectivity index (χ3n) is 3.22. The number of ether oxygens (including phenoxy) is 2. The van der Waals surface area contributed by atoms with Gasteiger partial charge in [-0.2, -0.15) is 0 Å². The molecule has 1 aliphatic rings. The monoisotopic (exact) mass is 312 g/mol. The van der Waals surface area contributed by atoms with Gasteiger partial charge in [0, 0.05) is 29.4 Å². The largest absolute Gasteiger partial charge is 0.469 e. The van der Waals surface area contributed by atoms with Crippen molar-refractivity contribution < 1.29 is 19.1 Å². The Morgan fingerprint density at radius 1 is 1.48 bits per heavy atom. The molecule has 1 saturated heterocycles. The average Bonchev–Trinajstić information content (AvgIpc) is 2.45. The van der Waals surface area contributed by atoms with Crippen molar-refractivity contribution in [3.63, 3.8) is 0 Å². The molecule has 0 saturated carbocycles. The van der Waals surface area contributed by atoms with Gasteiger partial charge < -0.3 is 20.1 Å². The van der Waals surface area contributed by atoms with Gasteiger partial charge in [-0.25, -0.2) is 0 Å². The summed E-state index contributed by atoms with van der Waals surface area (Å²) in [6.07, 6.45) is -0.232. The first kappa shape index (κ1) is 15.6. The maximum absolute atomic E-state index is 12.4. The van der Waals surface area contributed by atoms with Crippen LogP contribution >= 0.6 is 11.6 Å². The lowest BCUT2D eigenvalue weighted by Gasteiger charge is -2.32. The van der Waals surface area contributed by atoms with Crippen molar-refractivity contribution in [2.75, 3.05) is 32.5 Å². The fraction of sp³-hybridized carbons (Fsp3) is 0.429. The number of halogens is 1. The zero-order valence-electron chi connectivity index (χ0n) is 11.7. The molecule has 1 aromatic carbocycles. The third-order valence-corrected chi connectivity index (χ3v) is 3.43. The van der Waals surface area contributed by atoms with E-state index in [1.54, 1.807) is 23.1 Å². The summed E-state index contributed by atoms with van der Waals surface area (Å²) in [6, 6.07) is 4.74. The molecule has 0 spiro atoms. The molecule has 0 aliphatic carbocycles. The van der Waals surface area contributed by atoms with Crippen molar-refractivity contribution >= 4 is 29.2 Å². The lowest BCUT2D eigenvalue weighted by Crippen LogP contribution is -2.46. The molecule has 1 heterocycles. The number of nitrogen functional groups attached to an aromatic ring is 1. The Balaban J connectivity index is 2.06. The molecule has 2 N–H and O–H groups in total. The van der Waals surface area contributed by atoms with Gasteiger partial charge in [0.25, 0.3) is 5.91 Å². The van der Waals surface area contributed by atoms with E-state index in [4.69, 9.17) is 22.1 Å². The second kappa shape index (κ2) is 6.78. The lowest BCUT2D eigenvalue weighted by molar-refractivity contribution is -0.145. The number of hydrogen-bond acceptors (Lipinski definition) is 5. The van der Waals surface area contributed by atoms with E-state index in [1.165, 1.54) is 7.11 Å². The number of carbonyl (C=O) groups excluding carboxylic acids is 2. The molecule has 0 radical (unpaired) electrons. The number of esters is 1. The summed E-state index contributed by atoms with van der Waals surface area (Å²) >= 11 is 5.91. The van der Waals surface area contributed by atoms with Gasteiger partial charge in [-0.1, -0.05) is 11.6 Å². The second-order valence-electron chi connectivity index (χ2n) is 4.80. The number of nitrogens with zero attached hydrogens (tertiary/aromatic N) is 1. The Morgan fingerprint density at radius 3 is 2.90 bits per heavy atom. The molecule has 1 aliphatic heterocycles. The van der Waals surface area contributed by atoms with Gasteiger partial charge in [0.1, 0.15) is 0 Å². The topological polar surface area (TPSA) is 81.9 Å². The highest BCUT2D eigenvalue weighted by atomic mass is 35.5. The van der Waals surface area contributed by atoms with Gasteiger partial charge >= 0.3 is 5.97 Å². The average molecular weight is 313 g/mol. The van der Waals surface area contributed by atoms with Crippen LogP contribution in [-0.4, -0.2) is 49.7 Å². The minimum Gasteiger partial charge on any atom is -0.469 e. The predicted molar refractivity (Wildman–Crippen MR) is 78.1 cm³/mol. The maximum atomic E-state index is 12.4. The van der Waals surface area contributed by atoms with Crippen LogP contribution in [-0.2, 0) is 14.3 Å². The van der Waals surface area contributed by atoms with E-state index < -0.39 is 0 Å².